The first kappa shape index (κ1) is 41.8. The number of anilines is 1. The van der Waals surface area contributed by atoms with E-state index in [0.717, 1.165) is 51.9 Å². The number of aromatic nitrogens is 4. The summed E-state index contributed by atoms with van der Waals surface area (Å²) in [5, 5.41) is 0. The second-order valence-corrected chi connectivity index (χ2v) is 13.4. The third-order valence-electron chi connectivity index (χ3n) is 7.90. The predicted molar refractivity (Wildman–Crippen MR) is 175 cm³/mol. The molecule has 0 amide bonds. The minimum absolute atomic E-state index is 0.134. The molecular weight excluding hydrogens is 719 g/mol. The number of rotatable bonds is 10. The molecule has 4 heterocycles. The summed E-state index contributed by atoms with van der Waals surface area (Å²) in [6.45, 7) is 8.60. The molecule has 0 unspecified atom stereocenters. The monoisotopic (exact) mass is 758 g/mol. The molecule has 0 spiro atoms. The lowest BCUT2D eigenvalue weighted by Crippen LogP contribution is -2.47. The second-order valence-electron chi connectivity index (χ2n) is 13.0. The van der Waals surface area contributed by atoms with Crippen molar-refractivity contribution < 1.29 is 39.5 Å². The lowest BCUT2D eigenvalue weighted by Gasteiger charge is -2.36. The molecule has 3 aromatic heterocycles. The fourth-order valence-corrected chi connectivity index (χ4v) is 5.21. The number of aryl methyl sites for hydroxylation is 2. The normalized spacial score (nSPS) is 14.7. The standard InChI is InChI=1S/C23H29F6N5O.C10H11ClF3NO/c1-21(2,3)20-30-17(23(27,28)29)14-18(31-20)33-12-10-32(11-13-33)8-4-5-9-34-15-16(22(24,25)26)6-7-19(34)35;11-5-1-2-6-15-7-8(10(12,13)14)3-4-9(15)16/h6-7,14-15H,4-5,8-13H2,1-3H3;3-4,7H,1-2,5-6H2. The van der Waals surface area contributed by atoms with Crippen molar-refractivity contribution in [1.29, 1.82) is 0 Å². The number of pyridine rings is 2. The minimum Gasteiger partial charge on any atom is -0.354 e. The Hall–Kier alpha value is -3.60. The van der Waals surface area contributed by atoms with Crippen LogP contribution in [0.2, 0.25) is 0 Å². The Kier molecular flexibility index (Phi) is 14.2. The zero-order valence-electron chi connectivity index (χ0n) is 28.3. The van der Waals surface area contributed by atoms with Gasteiger partial charge in [0.05, 0.1) is 11.1 Å². The van der Waals surface area contributed by atoms with Gasteiger partial charge in [0.2, 0.25) is 0 Å². The third-order valence-corrected chi connectivity index (χ3v) is 8.17. The van der Waals surface area contributed by atoms with Crippen molar-refractivity contribution in [3.8, 4) is 0 Å². The van der Waals surface area contributed by atoms with E-state index in [0.29, 0.717) is 64.3 Å². The Morgan fingerprint density at radius 1 is 0.647 bits per heavy atom. The number of unbranched alkanes of at least 4 members (excludes halogenated alkanes) is 2. The summed E-state index contributed by atoms with van der Waals surface area (Å²) in [6.07, 6.45) is -9.36. The van der Waals surface area contributed by atoms with Crippen LogP contribution in [0.25, 0.3) is 0 Å². The van der Waals surface area contributed by atoms with Gasteiger partial charge in [-0.25, -0.2) is 9.97 Å². The fraction of sp³-hybridized carbons (Fsp3) is 0.576. The summed E-state index contributed by atoms with van der Waals surface area (Å²) in [5.41, 5.74) is -4.18. The van der Waals surface area contributed by atoms with E-state index < -0.39 is 51.9 Å². The molecule has 1 fully saturated rings. The van der Waals surface area contributed by atoms with Crippen molar-refractivity contribution in [3.05, 3.63) is 86.1 Å². The van der Waals surface area contributed by atoms with Crippen molar-refractivity contribution in [3.63, 3.8) is 0 Å². The predicted octanol–water partition coefficient (Wildman–Crippen LogP) is 7.46. The molecule has 284 valence electrons. The molecule has 0 atom stereocenters. The maximum absolute atomic E-state index is 13.4. The SMILES string of the molecule is CC(C)(C)c1nc(N2CCN(CCCCn3cc(C(F)(F)F)ccc3=O)CC2)cc(C(F)(F)F)n1.O=c1ccc(C(F)(F)F)cn1CCCCCl. The van der Waals surface area contributed by atoms with Crippen LogP contribution in [0.4, 0.5) is 45.3 Å². The van der Waals surface area contributed by atoms with E-state index >= 15 is 0 Å². The zero-order valence-corrected chi connectivity index (χ0v) is 29.1. The van der Waals surface area contributed by atoms with Crippen molar-refractivity contribution in [2.75, 3.05) is 43.5 Å². The highest BCUT2D eigenvalue weighted by atomic mass is 35.5. The summed E-state index contributed by atoms with van der Waals surface area (Å²) in [5.74, 6) is 0.823. The largest absolute Gasteiger partial charge is 0.433 e. The Morgan fingerprint density at radius 2 is 1.12 bits per heavy atom. The van der Waals surface area contributed by atoms with E-state index in [4.69, 9.17) is 11.6 Å². The van der Waals surface area contributed by atoms with Gasteiger partial charge in [-0.05, 0) is 44.4 Å². The van der Waals surface area contributed by atoms with Crippen LogP contribution in [0.1, 0.15) is 69.1 Å². The van der Waals surface area contributed by atoms with Gasteiger partial charge in [0.15, 0.2) is 0 Å². The summed E-state index contributed by atoms with van der Waals surface area (Å²) < 4.78 is 118. The molecule has 8 nitrogen and oxygen atoms in total. The lowest BCUT2D eigenvalue weighted by atomic mass is 9.95. The van der Waals surface area contributed by atoms with Gasteiger partial charge in [0, 0.05) is 81.2 Å². The maximum atomic E-state index is 13.4. The number of nitrogens with zero attached hydrogens (tertiary/aromatic N) is 6. The summed E-state index contributed by atoms with van der Waals surface area (Å²) in [6, 6.07) is 4.41. The third kappa shape index (κ3) is 12.8. The number of halogens is 10. The van der Waals surface area contributed by atoms with E-state index in [1.54, 1.807) is 20.8 Å². The minimum atomic E-state index is -4.57. The van der Waals surface area contributed by atoms with Crippen molar-refractivity contribution in [2.45, 2.75) is 83.5 Å². The Balaban J connectivity index is 0.000000367. The van der Waals surface area contributed by atoms with Gasteiger partial charge in [-0.2, -0.15) is 39.5 Å². The summed E-state index contributed by atoms with van der Waals surface area (Å²) in [4.78, 5) is 35.2. The van der Waals surface area contributed by atoms with Crippen LogP contribution in [0, 0.1) is 0 Å². The Labute approximate surface area is 293 Å². The van der Waals surface area contributed by atoms with Crippen LogP contribution in [-0.4, -0.2) is 62.6 Å². The maximum Gasteiger partial charge on any atom is 0.433 e. The van der Waals surface area contributed by atoms with Crippen LogP contribution in [0.15, 0.2) is 52.3 Å². The quantitative estimate of drug-likeness (QED) is 0.122. The molecule has 0 radical (unpaired) electrons. The average Bonchev–Trinajstić information content (AvgIpc) is 3.03. The second kappa shape index (κ2) is 17.3. The number of hydrogen-bond acceptors (Lipinski definition) is 6. The lowest BCUT2D eigenvalue weighted by molar-refractivity contribution is -0.141. The average molecular weight is 759 g/mol. The van der Waals surface area contributed by atoms with Crippen LogP contribution in [0.5, 0.6) is 0 Å². The molecule has 0 aliphatic carbocycles. The molecule has 0 bridgehead atoms. The first-order chi connectivity index (χ1) is 23.6. The molecule has 0 saturated carbocycles. The highest BCUT2D eigenvalue weighted by molar-refractivity contribution is 6.17. The molecule has 1 saturated heterocycles. The van der Waals surface area contributed by atoms with Gasteiger partial charge in [-0.3, -0.25) is 14.5 Å². The van der Waals surface area contributed by atoms with E-state index in [1.807, 2.05) is 4.90 Å². The molecule has 0 N–H and O–H groups in total. The van der Waals surface area contributed by atoms with Crippen LogP contribution in [0.3, 0.4) is 0 Å². The Morgan fingerprint density at radius 3 is 1.55 bits per heavy atom. The molecule has 0 aromatic carbocycles. The molecule has 3 aromatic rings. The number of alkyl halides is 10. The summed E-state index contributed by atoms with van der Waals surface area (Å²) in [7, 11) is 0. The van der Waals surface area contributed by atoms with Crippen molar-refractivity contribution >= 4 is 17.4 Å². The molecule has 1 aliphatic heterocycles. The number of hydrogen-bond donors (Lipinski definition) is 0. The molecule has 4 rings (SSSR count). The van der Waals surface area contributed by atoms with Crippen LogP contribution >= 0.6 is 11.6 Å². The van der Waals surface area contributed by atoms with Crippen LogP contribution in [-0.2, 0) is 37.0 Å². The summed E-state index contributed by atoms with van der Waals surface area (Å²) >= 11 is 5.44. The topological polar surface area (TPSA) is 76.3 Å². The van der Waals surface area contributed by atoms with Crippen LogP contribution < -0.4 is 16.0 Å². The Bertz CT molecular complexity index is 1660. The molecular formula is C33H40ClF9N6O2. The highest BCUT2D eigenvalue weighted by Gasteiger charge is 2.36. The van der Waals surface area contributed by atoms with E-state index in [-0.39, 0.29) is 24.7 Å². The number of piperazine rings is 1. The smallest absolute Gasteiger partial charge is 0.354 e. The van der Waals surface area contributed by atoms with Crippen molar-refractivity contribution in [2.24, 2.45) is 0 Å². The first-order valence-corrected chi connectivity index (χ1v) is 16.7. The van der Waals surface area contributed by atoms with Gasteiger partial charge >= 0.3 is 18.5 Å². The van der Waals surface area contributed by atoms with E-state index in [2.05, 4.69) is 14.9 Å². The highest BCUT2D eigenvalue weighted by Crippen LogP contribution is 2.33. The first-order valence-electron chi connectivity index (χ1n) is 16.1. The van der Waals surface area contributed by atoms with E-state index in [1.165, 1.54) is 0 Å². The molecule has 1 aliphatic rings. The van der Waals surface area contributed by atoms with Gasteiger partial charge < -0.3 is 14.0 Å². The zero-order chi connectivity index (χ0) is 38.2. The van der Waals surface area contributed by atoms with Gasteiger partial charge in [0.1, 0.15) is 17.3 Å². The van der Waals surface area contributed by atoms with Gasteiger partial charge in [-0.15, -0.1) is 11.6 Å². The molecule has 51 heavy (non-hydrogen) atoms. The fourth-order valence-electron chi connectivity index (χ4n) is 5.02. The van der Waals surface area contributed by atoms with Gasteiger partial charge in [-0.1, -0.05) is 20.8 Å². The molecule has 18 heteroatoms. The van der Waals surface area contributed by atoms with Gasteiger partial charge in [0.25, 0.3) is 11.1 Å². The van der Waals surface area contributed by atoms with E-state index in [9.17, 15) is 49.1 Å². The van der Waals surface area contributed by atoms with Crippen molar-refractivity contribution in [1.82, 2.24) is 24.0 Å².